The molecule has 3 rings (SSSR count). The fourth-order valence-corrected chi connectivity index (χ4v) is 2.90. The number of carbonyl (C=O) groups excluding carboxylic acids is 1. The lowest BCUT2D eigenvalue weighted by atomic mass is 9.95. The predicted molar refractivity (Wildman–Crippen MR) is 75.9 cm³/mol. The molecule has 4 heteroatoms. The van der Waals surface area contributed by atoms with Crippen LogP contribution in [0.2, 0.25) is 0 Å². The second kappa shape index (κ2) is 6.16. The average molecular weight is 275 g/mol. The normalized spacial score (nSPS) is 18.0. The molecule has 0 spiro atoms. The molecule has 1 amide bonds. The second-order valence-corrected chi connectivity index (χ2v) is 5.59. The summed E-state index contributed by atoms with van der Waals surface area (Å²) in [5.41, 5.74) is 1.12. The van der Waals surface area contributed by atoms with Crippen molar-refractivity contribution >= 4 is 5.91 Å². The van der Waals surface area contributed by atoms with Crippen molar-refractivity contribution < 1.29 is 14.3 Å². The van der Waals surface area contributed by atoms with E-state index in [0.717, 1.165) is 36.3 Å². The van der Waals surface area contributed by atoms with Gasteiger partial charge in [-0.1, -0.05) is 25.3 Å². The molecule has 1 saturated carbocycles. The quantitative estimate of drug-likeness (QED) is 0.919. The topological polar surface area (TPSA) is 47.6 Å². The molecular formula is C16H21NO3. The van der Waals surface area contributed by atoms with Crippen LogP contribution in [0.5, 0.6) is 11.5 Å². The van der Waals surface area contributed by atoms with E-state index in [2.05, 4.69) is 5.32 Å². The first kappa shape index (κ1) is 13.3. The van der Waals surface area contributed by atoms with E-state index in [-0.39, 0.29) is 5.91 Å². The third kappa shape index (κ3) is 3.24. The molecule has 0 radical (unpaired) electrons. The molecule has 1 aliphatic heterocycles. The molecule has 108 valence electrons. The molecule has 20 heavy (non-hydrogen) atoms. The summed E-state index contributed by atoms with van der Waals surface area (Å²) in [5.74, 6) is 1.74. The fourth-order valence-electron chi connectivity index (χ4n) is 2.90. The molecule has 1 aliphatic carbocycles. The standard InChI is InChI=1S/C16H21NO3/c18-16(17-13-4-2-1-3-5-13)9-7-12-6-8-14-15(10-12)20-11-19-14/h6,8,10,13H,1-5,7,9,11H2,(H,17,18). The lowest BCUT2D eigenvalue weighted by molar-refractivity contribution is -0.121. The zero-order chi connectivity index (χ0) is 13.8. The number of amides is 1. The second-order valence-electron chi connectivity index (χ2n) is 5.59. The van der Waals surface area contributed by atoms with Gasteiger partial charge in [0, 0.05) is 12.5 Å². The van der Waals surface area contributed by atoms with Crippen molar-refractivity contribution in [3.8, 4) is 11.5 Å². The Hall–Kier alpha value is -1.71. The maximum absolute atomic E-state index is 12.0. The van der Waals surface area contributed by atoms with E-state index in [9.17, 15) is 4.79 Å². The summed E-state index contributed by atoms with van der Waals surface area (Å²) in [7, 11) is 0. The van der Waals surface area contributed by atoms with Crippen molar-refractivity contribution in [3.05, 3.63) is 23.8 Å². The monoisotopic (exact) mass is 275 g/mol. The van der Waals surface area contributed by atoms with E-state index < -0.39 is 0 Å². The predicted octanol–water partition coefficient (Wildman–Crippen LogP) is 2.80. The summed E-state index contributed by atoms with van der Waals surface area (Å²) >= 11 is 0. The molecule has 1 fully saturated rings. The van der Waals surface area contributed by atoms with Gasteiger partial charge in [0.2, 0.25) is 12.7 Å². The number of benzene rings is 1. The van der Waals surface area contributed by atoms with Gasteiger partial charge in [-0.15, -0.1) is 0 Å². The van der Waals surface area contributed by atoms with E-state index in [1.807, 2.05) is 18.2 Å². The van der Waals surface area contributed by atoms with Gasteiger partial charge in [-0.25, -0.2) is 0 Å². The lowest BCUT2D eigenvalue weighted by Crippen LogP contribution is -2.36. The zero-order valence-corrected chi connectivity index (χ0v) is 11.7. The van der Waals surface area contributed by atoms with Gasteiger partial charge in [0.15, 0.2) is 11.5 Å². The number of nitrogens with one attached hydrogen (secondary N) is 1. The van der Waals surface area contributed by atoms with Gasteiger partial charge in [0.1, 0.15) is 0 Å². The Morgan fingerprint density at radius 3 is 2.80 bits per heavy atom. The van der Waals surface area contributed by atoms with Crippen LogP contribution in [-0.4, -0.2) is 18.7 Å². The van der Waals surface area contributed by atoms with Crippen LogP contribution >= 0.6 is 0 Å². The summed E-state index contributed by atoms with van der Waals surface area (Å²) in [4.78, 5) is 12.0. The molecule has 0 unspecified atom stereocenters. The molecule has 1 N–H and O–H groups in total. The van der Waals surface area contributed by atoms with Crippen molar-refractivity contribution in [2.24, 2.45) is 0 Å². The maximum atomic E-state index is 12.0. The van der Waals surface area contributed by atoms with Crippen LogP contribution in [-0.2, 0) is 11.2 Å². The number of rotatable bonds is 4. The van der Waals surface area contributed by atoms with Crippen LogP contribution in [0.15, 0.2) is 18.2 Å². The van der Waals surface area contributed by atoms with Gasteiger partial charge in [-0.3, -0.25) is 4.79 Å². The molecule has 1 aromatic carbocycles. The minimum atomic E-state index is 0.162. The molecule has 0 atom stereocenters. The Balaban J connectivity index is 1.47. The van der Waals surface area contributed by atoms with Gasteiger partial charge in [-0.2, -0.15) is 0 Å². The fraction of sp³-hybridized carbons (Fsp3) is 0.562. The van der Waals surface area contributed by atoms with Gasteiger partial charge >= 0.3 is 0 Å². The largest absolute Gasteiger partial charge is 0.454 e. The minimum absolute atomic E-state index is 0.162. The first-order valence-corrected chi connectivity index (χ1v) is 7.49. The highest BCUT2D eigenvalue weighted by Gasteiger charge is 2.16. The van der Waals surface area contributed by atoms with Crippen molar-refractivity contribution in [1.82, 2.24) is 5.32 Å². The Bertz CT molecular complexity index is 481. The summed E-state index contributed by atoms with van der Waals surface area (Å²) in [5, 5.41) is 3.15. The number of ether oxygens (including phenoxy) is 2. The summed E-state index contributed by atoms with van der Waals surface area (Å²) in [6.07, 6.45) is 7.35. The Morgan fingerprint density at radius 1 is 1.15 bits per heavy atom. The van der Waals surface area contributed by atoms with Crippen LogP contribution in [0.25, 0.3) is 0 Å². The molecule has 0 bridgehead atoms. The summed E-state index contributed by atoms with van der Waals surface area (Å²) in [6, 6.07) is 6.28. The zero-order valence-electron chi connectivity index (χ0n) is 11.7. The first-order valence-electron chi connectivity index (χ1n) is 7.49. The highest BCUT2D eigenvalue weighted by molar-refractivity contribution is 5.76. The highest BCUT2D eigenvalue weighted by Crippen LogP contribution is 2.32. The molecule has 1 heterocycles. The smallest absolute Gasteiger partial charge is 0.231 e. The van der Waals surface area contributed by atoms with Crippen LogP contribution in [0, 0.1) is 0 Å². The maximum Gasteiger partial charge on any atom is 0.231 e. The van der Waals surface area contributed by atoms with E-state index in [1.165, 1.54) is 19.3 Å². The Morgan fingerprint density at radius 2 is 1.95 bits per heavy atom. The number of fused-ring (bicyclic) bond motifs is 1. The number of aryl methyl sites for hydroxylation is 1. The molecule has 0 saturated heterocycles. The highest BCUT2D eigenvalue weighted by atomic mass is 16.7. The summed E-state index contributed by atoms with van der Waals surface area (Å²) in [6.45, 7) is 0.293. The van der Waals surface area contributed by atoms with Crippen LogP contribution < -0.4 is 14.8 Å². The van der Waals surface area contributed by atoms with Gasteiger partial charge in [0.25, 0.3) is 0 Å². The van der Waals surface area contributed by atoms with Crippen molar-refractivity contribution in [3.63, 3.8) is 0 Å². The Labute approximate surface area is 119 Å². The van der Waals surface area contributed by atoms with Crippen molar-refractivity contribution in [2.45, 2.75) is 51.0 Å². The number of carbonyl (C=O) groups is 1. The third-order valence-electron chi connectivity index (χ3n) is 4.05. The average Bonchev–Trinajstić information content (AvgIpc) is 2.93. The molecular weight excluding hydrogens is 254 g/mol. The van der Waals surface area contributed by atoms with Gasteiger partial charge < -0.3 is 14.8 Å². The van der Waals surface area contributed by atoms with E-state index in [1.54, 1.807) is 0 Å². The van der Waals surface area contributed by atoms with E-state index >= 15 is 0 Å². The van der Waals surface area contributed by atoms with Crippen LogP contribution in [0.1, 0.15) is 44.1 Å². The van der Waals surface area contributed by atoms with Crippen LogP contribution in [0.4, 0.5) is 0 Å². The van der Waals surface area contributed by atoms with E-state index in [0.29, 0.717) is 19.3 Å². The first-order chi connectivity index (χ1) is 9.81. The number of hydrogen-bond acceptors (Lipinski definition) is 3. The minimum Gasteiger partial charge on any atom is -0.454 e. The molecule has 2 aliphatic rings. The van der Waals surface area contributed by atoms with E-state index in [4.69, 9.17) is 9.47 Å². The summed E-state index contributed by atoms with van der Waals surface area (Å²) < 4.78 is 10.6. The Kier molecular flexibility index (Phi) is 4.09. The molecule has 4 nitrogen and oxygen atoms in total. The third-order valence-corrected chi connectivity index (χ3v) is 4.05. The van der Waals surface area contributed by atoms with Crippen LogP contribution in [0.3, 0.4) is 0 Å². The van der Waals surface area contributed by atoms with Gasteiger partial charge in [0.05, 0.1) is 0 Å². The van der Waals surface area contributed by atoms with Crippen molar-refractivity contribution in [1.29, 1.82) is 0 Å². The SMILES string of the molecule is O=C(CCc1ccc2c(c1)OCO2)NC1CCCCC1. The lowest BCUT2D eigenvalue weighted by Gasteiger charge is -2.22. The molecule has 1 aromatic rings. The van der Waals surface area contributed by atoms with Crippen molar-refractivity contribution in [2.75, 3.05) is 6.79 Å². The van der Waals surface area contributed by atoms with Gasteiger partial charge in [-0.05, 0) is 37.0 Å². The molecule has 0 aromatic heterocycles. The number of hydrogen-bond donors (Lipinski definition) is 1.